The maximum atomic E-state index is 9.13. The third-order valence-electron chi connectivity index (χ3n) is 1.72. The topological polar surface area (TPSA) is 40.5 Å². The molecule has 0 unspecified atom stereocenters. The summed E-state index contributed by atoms with van der Waals surface area (Å²) in [6.07, 6.45) is -1.88. The SMILES string of the molecule is C[C@@H](O)[C@@H](O)C#CC#Cc1ccccc1. The quantitative estimate of drug-likeness (QED) is 0.658. The second-order valence-corrected chi connectivity index (χ2v) is 3.07. The molecule has 2 N–H and O–H groups in total. The summed E-state index contributed by atoms with van der Waals surface area (Å²) in [6, 6.07) is 9.44. The first-order valence-corrected chi connectivity index (χ1v) is 4.63. The molecule has 0 saturated carbocycles. The smallest absolute Gasteiger partial charge is 0.141 e. The van der Waals surface area contributed by atoms with E-state index in [0.717, 1.165) is 5.56 Å². The Morgan fingerprint density at radius 2 is 1.73 bits per heavy atom. The van der Waals surface area contributed by atoms with Crippen LogP contribution in [-0.2, 0) is 0 Å². The van der Waals surface area contributed by atoms with Crippen molar-refractivity contribution in [1.82, 2.24) is 0 Å². The predicted octanol–water partition coefficient (Wildman–Crippen LogP) is 0.783. The van der Waals surface area contributed by atoms with Gasteiger partial charge in [-0.3, -0.25) is 0 Å². The van der Waals surface area contributed by atoms with Crippen LogP contribution < -0.4 is 0 Å². The number of hydrogen-bond donors (Lipinski definition) is 2. The van der Waals surface area contributed by atoms with Gasteiger partial charge in [-0.15, -0.1) is 0 Å². The third-order valence-corrected chi connectivity index (χ3v) is 1.72. The van der Waals surface area contributed by atoms with Gasteiger partial charge in [0.15, 0.2) is 0 Å². The number of hydrogen-bond acceptors (Lipinski definition) is 2. The fourth-order valence-electron chi connectivity index (χ4n) is 0.856. The molecular weight excluding hydrogens is 188 g/mol. The molecule has 1 rings (SSSR count). The van der Waals surface area contributed by atoms with Crippen molar-refractivity contribution in [1.29, 1.82) is 0 Å². The van der Waals surface area contributed by atoms with Crippen molar-refractivity contribution >= 4 is 0 Å². The molecule has 1 aromatic rings. The molecule has 0 aliphatic heterocycles. The first-order valence-electron chi connectivity index (χ1n) is 4.63. The summed E-state index contributed by atoms with van der Waals surface area (Å²) < 4.78 is 0. The highest BCUT2D eigenvalue weighted by Gasteiger charge is 2.04. The summed E-state index contributed by atoms with van der Waals surface area (Å²) in [5.74, 6) is 10.4. The van der Waals surface area contributed by atoms with E-state index in [1.807, 2.05) is 30.3 Å². The minimum absolute atomic E-state index is 0.851. The highest BCUT2D eigenvalue weighted by Crippen LogP contribution is 1.94. The molecule has 0 bridgehead atoms. The maximum Gasteiger partial charge on any atom is 0.141 e. The molecule has 15 heavy (non-hydrogen) atoms. The van der Waals surface area contributed by atoms with Crippen molar-refractivity contribution in [2.75, 3.05) is 0 Å². The van der Waals surface area contributed by atoms with Crippen LogP contribution >= 0.6 is 0 Å². The molecule has 0 fully saturated rings. The molecule has 0 spiro atoms. The molecule has 76 valence electrons. The summed E-state index contributed by atoms with van der Waals surface area (Å²) in [7, 11) is 0. The van der Waals surface area contributed by atoms with Gasteiger partial charge < -0.3 is 10.2 Å². The lowest BCUT2D eigenvalue weighted by molar-refractivity contribution is 0.0678. The number of rotatable bonds is 1. The van der Waals surface area contributed by atoms with Crippen LogP contribution in [0.1, 0.15) is 12.5 Å². The number of aliphatic hydroxyl groups excluding tert-OH is 2. The van der Waals surface area contributed by atoms with Crippen LogP contribution in [-0.4, -0.2) is 22.4 Å². The van der Waals surface area contributed by atoms with Crippen molar-refractivity contribution in [3.63, 3.8) is 0 Å². The Bertz CT molecular complexity index is 413. The highest BCUT2D eigenvalue weighted by atomic mass is 16.3. The second kappa shape index (κ2) is 5.88. The van der Waals surface area contributed by atoms with Crippen LogP contribution in [0.15, 0.2) is 30.3 Å². The van der Waals surface area contributed by atoms with Crippen LogP contribution in [0, 0.1) is 23.7 Å². The van der Waals surface area contributed by atoms with Gasteiger partial charge in [0.1, 0.15) is 6.10 Å². The predicted molar refractivity (Wildman–Crippen MR) is 58.8 cm³/mol. The number of aliphatic hydroxyl groups is 2. The Labute approximate surface area is 89.6 Å². The summed E-state index contributed by atoms with van der Waals surface area (Å²) in [5, 5.41) is 18.1. The van der Waals surface area contributed by atoms with Crippen LogP contribution in [0.5, 0.6) is 0 Å². The van der Waals surface area contributed by atoms with Gasteiger partial charge in [0.05, 0.1) is 6.10 Å². The minimum atomic E-state index is -1.03. The van der Waals surface area contributed by atoms with E-state index >= 15 is 0 Å². The lowest BCUT2D eigenvalue weighted by atomic mass is 10.2. The minimum Gasteiger partial charge on any atom is -0.390 e. The van der Waals surface area contributed by atoms with E-state index < -0.39 is 12.2 Å². The monoisotopic (exact) mass is 200 g/mol. The van der Waals surface area contributed by atoms with Crippen molar-refractivity contribution in [2.45, 2.75) is 19.1 Å². The van der Waals surface area contributed by atoms with Crippen molar-refractivity contribution in [2.24, 2.45) is 0 Å². The van der Waals surface area contributed by atoms with Crippen LogP contribution in [0.25, 0.3) is 0 Å². The van der Waals surface area contributed by atoms with E-state index in [-0.39, 0.29) is 0 Å². The van der Waals surface area contributed by atoms with Crippen LogP contribution in [0.2, 0.25) is 0 Å². The third kappa shape index (κ3) is 4.33. The molecule has 1 aromatic carbocycles. The Hall–Kier alpha value is -1.74. The van der Waals surface area contributed by atoms with Crippen molar-refractivity contribution in [3.05, 3.63) is 35.9 Å². The standard InChI is InChI=1S/C13H12O2/c1-11(14)13(15)10-6-5-9-12-7-3-2-4-8-12/h2-4,7-8,11,13-15H,1H3/t11-,13+/m1/s1. The van der Waals surface area contributed by atoms with Gasteiger partial charge in [0, 0.05) is 5.56 Å². The van der Waals surface area contributed by atoms with Gasteiger partial charge in [0.2, 0.25) is 0 Å². The lowest BCUT2D eigenvalue weighted by Crippen LogP contribution is -2.19. The molecular formula is C13H12O2. The van der Waals surface area contributed by atoms with E-state index in [1.165, 1.54) is 6.92 Å². The molecule has 0 amide bonds. The first kappa shape index (κ1) is 11.3. The molecule has 0 saturated heterocycles. The Morgan fingerprint density at radius 1 is 1.07 bits per heavy atom. The Balaban J connectivity index is 2.61. The fraction of sp³-hybridized carbons (Fsp3) is 0.231. The Kier molecular flexibility index (Phi) is 4.44. The second-order valence-electron chi connectivity index (χ2n) is 3.07. The van der Waals surface area contributed by atoms with Crippen LogP contribution in [0.3, 0.4) is 0 Å². The molecule has 2 heteroatoms. The van der Waals surface area contributed by atoms with E-state index in [1.54, 1.807) is 0 Å². The van der Waals surface area contributed by atoms with Gasteiger partial charge in [-0.05, 0) is 30.9 Å². The van der Waals surface area contributed by atoms with Gasteiger partial charge in [-0.25, -0.2) is 0 Å². The first-order chi connectivity index (χ1) is 7.20. The lowest BCUT2D eigenvalue weighted by Gasteiger charge is -2.03. The molecule has 0 radical (unpaired) electrons. The van der Waals surface area contributed by atoms with E-state index in [4.69, 9.17) is 10.2 Å². The summed E-state index contributed by atoms with van der Waals surface area (Å²) in [6.45, 7) is 1.48. The van der Waals surface area contributed by atoms with E-state index in [9.17, 15) is 0 Å². The molecule has 0 aliphatic carbocycles. The zero-order valence-electron chi connectivity index (χ0n) is 8.44. The molecule has 0 aliphatic rings. The zero-order valence-corrected chi connectivity index (χ0v) is 8.44. The summed E-state index contributed by atoms with van der Waals surface area (Å²) >= 11 is 0. The van der Waals surface area contributed by atoms with Gasteiger partial charge in [-0.2, -0.15) is 0 Å². The molecule has 0 heterocycles. The highest BCUT2D eigenvalue weighted by molar-refractivity contribution is 5.39. The zero-order chi connectivity index (χ0) is 11.1. The van der Waals surface area contributed by atoms with E-state index in [0.29, 0.717) is 0 Å². The van der Waals surface area contributed by atoms with E-state index in [2.05, 4.69) is 23.7 Å². The van der Waals surface area contributed by atoms with Gasteiger partial charge in [0.25, 0.3) is 0 Å². The van der Waals surface area contributed by atoms with Crippen LogP contribution in [0.4, 0.5) is 0 Å². The summed E-state index contributed by atoms with van der Waals surface area (Å²) in [5.41, 5.74) is 0.873. The average molecular weight is 200 g/mol. The number of benzene rings is 1. The molecule has 2 atom stereocenters. The normalized spacial score (nSPS) is 12.7. The van der Waals surface area contributed by atoms with Crippen molar-refractivity contribution in [3.8, 4) is 23.7 Å². The average Bonchev–Trinajstić information content (AvgIpc) is 2.25. The molecule has 2 nitrogen and oxygen atoms in total. The van der Waals surface area contributed by atoms with Gasteiger partial charge in [-0.1, -0.05) is 30.0 Å². The fourth-order valence-corrected chi connectivity index (χ4v) is 0.856. The van der Waals surface area contributed by atoms with Crippen molar-refractivity contribution < 1.29 is 10.2 Å². The summed E-state index contributed by atoms with van der Waals surface area (Å²) in [4.78, 5) is 0. The maximum absolute atomic E-state index is 9.13. The Morgan fingerprint density at radius 3 is 2.33 bits per heavy atom. The molecule has 0 aromatic heterocycles. The largest absolute Gasteiger partial charge is 0.390 e. The van der Waals surface area contributed by atoms with Gasteiger partial charge >= 0.3 is 0 Å².